The van der Waals surface area contributed by atoms with Gasteiger partial charge in [-0.25, -0.2) is 4.98 Å². The van der Waals surface area contributed by atoms with Crippen LogP contribution in [0.1, 0.15) is 40.0 Å². The number of hydrogen-bond acceptors (Lipinski definition) is 5. The van der Waals surface area contributed by atoms with Crippen LogP contribution in [0.4, 0.5) is 5.82 Å². The molecule has 2 unspecified atom stereocenters. The van der Waals surface area contributed by atoms with Gasteiger partial charge in [0, 0.05) is 6.54 Å². The first kappa shape index (κ1) is 14.9. The molecule has 0 aliphatic heterocycles. The summed E-state index contributed by atoms with van der Waals surface area (Å²) < 4.78 is 11.5. The fourth-order valence-corrected chi connectivity index (χ4v) is 3.05. The highest BCUT2D eigenvalue weighted by Crippen LogP contribution is 2.35. The smallest absolute Gasteiger partial charge is 0.262 e. The van der Waals surface area contributed by atoms with E-state index >= 15 is 0 Å². The molecule has 1 aliphatic carbocycles. The Balaban J connectivity index is 2.14. The monoisotopic (exact) mass is 279 g/mol. The van der Waals surface area contributed by atoms with Crippen LogP contribution in [0.3, 0.4) is 0 Å². The van der Waals surface area contributed by atoms with Crippen molar-refractivity contribution >= 4 is 5.82 Å². The molecule has 0 amide bonds. The summed E-state index contributed by atoms with van der Waals surface area (Å²) >= 11 is 0. The average molecular weight is 279 g/mol. The molecule has 1 saturated carbocycles. The van der Waals surface area contributed by atoms with Crippen LogP contribution in [0.2, 0.25) is 0 Å². The summed E-state index contributed by atoms with van der Waals surface area (Å²) in [7, 11) is 1.62. The molecule has 1 aromatic rings. The van der Waals surface area contributed by atoms with Gasteiger partial charge >= 0.3 is 0 Å². The number of anilines is 1. The number of nitrogens with zero attached hydrogens (tertiary/aromatic N) is 2. The van der Waals surface area contributed by atoms with Gasteiger partial charge in [-0.15, -0.1) is 0 Å². The van der Waals surface area contributed by atoms with Crippen LogP contribution in [0.15, 0.2) is 6.33 Å². The minimum Gasteiger partial charge on any atom is -0.489 e. The van der Waals surface area contributed by atoms with Crippen molar-refractivity contribution < 1.29 is 9.47 Å². The molecule has 0 bridgehead atoms. The zero-order chi connectivity index (χ0) is 14.5. The summed E-state index contributed by atoms with van der Waals surface area (Å²) in [5, 5.41) is 3.17. The Morgan fingerprint density at radius 2 is 1.90 bits per heavy atom. The van der Waals surface area contributed by atoms with E-state index < -0.39 is 0 Å². The molecule has 1 fully saturated rings. The molecule has 1 heterocycles. The Labute approximate surface area is 121 Å². The van der Waals surface area contributed by atoms with Crippen LogP contribution in [0.5, 0.6) is 11.6 Å². The molecule has 0 aromatic carbocycles. The van der Waals surface area contributed by atoms with Gasteiger partial charge in [-0.1, -0.05) is 13.8 Å². The molecule has 0 radical (unpaired) electrons. The summed E-state index contributed by atoms with van der Waals surface area (Å²) in [5.41, 5.74) is 0. The molecule has 20 heavy (non-hydrogen) atoms. The third kappa shape index (κ3) is 3.52. The SMILES string of the molecule is CCNc1ncnc(OC2CC(C)CC(C)C2)c1OC. The second kappa shape index (κ2) is 6.77. The molecular formula is C15H25N3O2. The van der Waals surface area contributed by atoms with Gasteiger partial charge in [0.15, 0.2) is 5.82 Å². The van der Waals surface area contributed by atoms with Crippen molar-refractivity contribution in [1.82, 2.24) is 9.97 Å². The van der Waals surface area contributed by atoms with Gasteiger partial charge < -0.3 is 14.8 Å². The van der Waals surface area contributed by atoms with Crippen LogP contribution in [0.25, 0.3) is 0 Å². The first-order chi connectivity index (χ1) is 9.63. The molecule has 5 heteroatoms. The minimum absolute atomic E-state index is 0.215. The lowest BCUT2D eigenvalue weighted by Crippen LogP contribution is -2.29. The van der Waals surface area contributed by atoms with Crippen LogP contribution in [0, 0.1) is 11.8 Å². The highest BCUT2D eigenvalue weighted by Gasteiger charge is 2.27. The number of aromatic nitrogens is 2. The highest BCUT2D eigenvalue weighted by atomic mass is 16.5. The molecular weight excluding hydrogens is 254 g/mol. The van der Waals surface area contributed by atoms with E-state index in [0.29, 0.717) is 29.3 Å². The summed E-state index contributed by atoms with van der Waals surface area (Å²) in [6, 6.07) is 0. The third-order valence-corrected chi connectivity index (χ3v) is 3.73. The van der Waals surface area contributed by atoms with Crippen LogP contribution in [-0.4, -0.2) is 29.7 Å². The number of methoxy groups -OCH3 is 1. The maximum atomic E-state index is 6.09. The molecule has 1 N–H and O–H groups in total. The Bertz CT molecular complexity index is 429. The van der Waals surface area contributed by atoms with Gasteiger partial charge in [-0.3, -0.25) is 0 Å². The van der Waals surface area contributed by atoms with Gasteiger partial charge in [0.2, 0.25) is 5.75 Å². The minimum atomic E-state index is 0.215. The van der Waals surface area contributed by atoms with Crippen molar-refractivity contribution in [2.45, 2.75) is 46.1 Å². The van der Waals surface area contributed by atoms with E-state index in [9.17, 15) is 0 Å². The quantitative estimate of drug-likeness (QED) is 0.897. The molecule has 2 atom stereocenters. The van der Waals surface area contributed by atoms with Crippen molar-refractivity contribution in [3.8, 4) is 11.6 Å². The van der Waals surface area contributed by atoms with Gasteiger partial charge in [0.1, 0.15) is 12.4 Å². The average Bonchev–Trinajstić information content (AvgIpc) is 2.38. The molecule has 2 rings (SSSR count). The molecule has 1 aromatic heterocycles. The topological polar surface area (TPSA) is 56.3 Å². The van der Waals surface area contributed by atoms with Crippen molar-refractivity contribution in [3.63, 3.8) is 0 Å². The summed E-state index contributed by atoms with van der Waals surface area (Å²) in [5.74, 6) is 3.23. The Hall–Kier alpha value is -1.52. The molecule has 1 aliphatic rings. The zero-order valence-electron chi connectivity index (χ0n) is 12.8. The van der Waals surface area contributed by atoms with Crippen LogP contribution < -0.4 is 14.8 Å². The van der Waals surface area contributed by atoms with Crippen LogP contribution >= 0.6 is 0 Å². The molecule has 112 valence electrons. The summed E-state index contributed by atoms with van der Waals surface area (Å²) in [6.45, 7) is 7.37. The number of hydrogen-bond donors (Lipinski definition) is 1. The molecule has 5 nitrogen and oxygen atoms in total. The normalized spacial score (nSPS) is 26.1. The van der Waals surface area contributed by atoms with E-state index in [0.717, 1.165) is 19.4 Å². The van der Waals surface area contributed by atoms with Gasteiger partial charge in [0.25, 0.3) is 5.88 Å². The Morgan fingerprint density at radius 1 is 1.20 bits per heavy atom. The largest absolute Gasteiger partial charge is 0.489 e. The van der Waals surface area contributed by atoms with Crippen LogP contribution in [-0.2, 0) is 0 Å². The highest BCUT2D eigenvalue weighted by molar-refractivity contribution is 5.54. The number of rotatable bonds is 5. The molecule has 0 spiro atoms. The second-order valence-electron chi connectivity index (χ2n) is 5.75. The van der Waals surface area contributed by atoms with Crippen molar-refractivity contribution in [2.75, 3.05) is 19.0 Å². The maximum Gasteiger partial charge on any atom is 0.262 e. The Morgan fingerprint density at radius 3 is 2.50 bits per heavy atom. The van der Waals surface area contributed by atoms with E-state index in [1.165, 1.54) is 12.7 Å². The lowest BCUT2D eigenvalue weighted by Gasteiger charge is -2.31. The van der Waals surface area contributed by atoms with E-state index in [1.807, 2.05) is 6.92 Å². The second-order valence-corrected chi connectivity index (χ2v) is 5.75. The van der Waals surface area contributed by atoms with Crippen molar-refractivity contribution in [1.29, 1.82) is 0 Å². The maximum absolute atomic E-state index is 6.09. The van der Waals surface area contributed by atoms with Crippen molar-refractivity contribution in [3.05, 3.63) is 6.33 Å². The first-order valence-electron chi connectivity index (χ1n) is 7.43. The van der Waals surface area contributed by atoms with E-state index in [2.05, 4.69) is 29.1 Å². The van der Waals surface area contributed by atoms with Gasteiger partial charge in [-0.05, 0) is 38.0 Å². The first-order valence-corrected chi connectivity index (χ1v) is 7.43. The fourth-order valence-electron chi connectivity index (χ4n) is 3.05. The van der Waals surface area contributed by atoms with E-state index in [1.54, 1.807) is 7.11 Å². The summed E-state index contributed by atoms with van der Waals surface area (Å²) in [4.78, 5) is 8.43. The molecule has 0 saturated heterocycles. The predicted octanol–water partition coefficient (Wildman–Crippen LogP) is 3.12. The number of ether oxygens (including phenoxy) is 2. The van der Waals surface area contributed by atoms with E-state index in [4.69, 9.17) is 9.47 Å². The lowest BCUT2D eigenvalue weighted by atomic mass is 9.82. The fraction of sp³-hybridized carbons (Fsp3) is 0.733. The van der Waals surface area contributed by atoms with Gasteiger partial charge in [-0.2, -0.15) is 4.98 Å². The van der Waals surface area contributed by atoms with Gasteiger partial charge in [0.05, 0.1) is 7.11 Å². The zero-order valence-corrected chi connectivity index (χ0v) is 12.8. The van der Waals surface area contributed by atoms with Crippen molar-refractivity contribution in [2.24, 2.45) is 11.8 Å². The lowest BCUT2D eigenvalue weighted by molar-refractivity contribution is 0.0933. The predicted molar refractivity (Wildman–Crippen MR) is 79.3 cm³/mol. The number of nitrogens with one attached hydrogen (secondary N) is 1. The summed E-state index contributed by atoms with van der Waals surface area (Å²) in [6.07, 6.45) is 5.17. The van der Waals surface area contributed by atoms with E-state index in [-0.39, 0.29) is 6.10 Å². The third-order valence-electron chi connectivity index (χ3n) is 3.73. The standard InChI is InChI=1S/C15H25N3O2/c1-5-16-14-13(19-4)15(18-9-17-14)20-12-7-10(2)6-11(3)8-12/h9-12H,5-8H2,1-4H3,(H,16,17,18). The Kier molecular flexibility index (Phi) is 5.04.